The summed E-state index contributed by atoms with van der Waals surface area (Å²) in [5.74, 6) is 0.887. The van der Waals surface area contributed by atoms with E-state index < -0.39 is 5.91 Å². The number of carbonyl (C=O) groups excluding carboxylic acids is 1. The van der Waals surface area contributed by atoms with Crippen molar-refractivity contribution in [3.05, 3.63) is 57.6 Å². The Balaban J connectivity index is 1.68. The van der Waals surface area contributed by atoms with Crippen molar-refractivity contribution < 1.29 is 14.3 Å². The van der Waals surface area contributed by atoms with Crippen molar-refractivity contribution in [2.24, 2.45) is 0 Å². The van der Waals surface area contributed by atoms with Gasteiger partial charge in [-0.3, -0.25) is 14.2 Å². The first-order valence-electron chi connectivity index (χ1n) is 9.03. The number of rotatable bonds is 5. The van der Waals surface area contributed by atoms with Crippen LogP contribution < -0.4 is 20.3 Å². The molecule has 0 saturated heterocycles. The molecule has 0 atom stereocenters. The highest BCUT2D eigenvalue weighted by atomic mass is 35.5. The Bertz CT molecular complexity index is 1350. The van der Waals surface area contributed by atoms with E-state index in [4.69, 9.17) is 21.1 Å². The fraction of sp³-hybridized carbons (Fsp3) is 0.190. The molecule has 0 bridgehead atoms. The average molecular weight is 444 g/mol. The van der Waals surface area contributed by atoms with Gasteiger partial charge in [0.05, 0.1) is 30.4 Å². The number of halogens is 1. The first kappa shape index (κ1) is 20.2. The van der Waals surface area contributed by atoms with Gasteiger partial charge in [-0.05, 0) is 19.1 Å². The van der Waals surface area contributed by atoms with Crippen molar-refractivity contribution in [2.45, 2.75) is 13.5 Å². The minimum atomic E-state index is -0.401. The van der Waals surface area contributed by atoms with E-state index in [1.54, 1.807) is 19.1 Å². The topological polar surface area (TPSA) is 82.4 Å². The number of benzene rings is 2. The lowest BCUT2D eigenvalue weighted by molar-refractivity contribution is -0.116. The van der Waals surface area contributed by atoms with Gasteiger partial charge in [0.2, 0.25) is 5.91 Å². The van der Waals surface area contributed by atoms with Gasteiger partial charge in [0.25, 0.3) is 5.56 Å². The second-order valence-electron chi connectivity index (χ2n) is 6.56. The summed E-state index contributed by atoms with van der Waals surface area (Å²) in [5.41, 5.74) is 0.807. The second kappa shape index (κ2) is 7.97. The van der Waals surface area contributed by atoms with Gasteiger partial charge in [-0.15, -0.1) is 11.3 Å². The largest absolute Gasteiger partial charge is 0.495 e. The maximum Gasteiger partial charge on any atom is 0.272 e. The molecule has 0 aliphatic carbocycles. The van der Waals surface area contributed by atoms with Crippen molar-refractivity contribution in [3.63, 3.8) is 0 Å². The van der Waals surface area contributed by atoms with Crippen LogP contribution in [0, 0.1) is 6.92 Å². The Kier molecular flexibility index (Phi) is 5.36. The first-order valence-corrected chi connectivity index (χ1v) is 10.2. The fourth-order valence-corrected chi connectivity index (χ4v) is 4.59. The minimum absolute atomic E-state index is 0.186. The first-order chi connectivity index (χ1) is 14.4. The second-order valence-corrected chi connectivity index (χ2v) is 8.02. The number of ether oxygens (including phenoxy) is 2. The molecular weight excluding hydrogens is 426 g/mol. The molecule has 9 heteroatoms. The van der Waals surface area contributed by atoms with Crippen LogP contribution in [-0.2, 0) is 11.3 Å². The van der Waals surface area contributed by atoms with Gasteiger partial charge < -0.3 is 14.8 Å². The normalized spacial score (nSPS) is 11.1. The number of fused-ring (bicyclic) bond motifs is 3. The molecule has 30 heavy (non-hydrogen) atoms. The summed E-state index contributed by atoms with van der Waals surface area (Å²) in [6.45, 7) is 1.53. The third-order valence-corrected chi connectivity index (χ3v) is 6.17. The molecule has 2 heterocycles. The third-order valence-electron chi connectivity index (χ3n) is 4.72. The summed E-state index contributed by atoms with van der Waals surface area (Å²) >= 11 is 7.54. The van der Waals surface area contributed by atoms with Gasteiger partial charge in [0.15, 0.2) is 0 Å². The van der Waals surface area contributed by atoms with Crippen molar-refractivity contribution in [3.8, 4) is 11.5 Å². The number of thiophene rings is 1. The average Bonchev–Trinajstić information content (AvgIpc) is 3.10. The quantitative estimate of drug-likeness (QED) is 0.499. The molecule has 0 fully saturated rings. The van der Waals surface area contributed by atoms with E-state index in [0.717, 1.165) is 10.1 Å². The Labute approximate surface area is 180 Å². The van der Waals surface area contributed by atoms with E-state index in [-0.39, 0.29) is 12.1 Å². The van der Waals surface area contributed by atoms with Gasteiger partial charge >= 0.3 is 0 Å². The van der Waals surface area contributed by atoms with Gasteiger partial charge in [-0.1, -0.05) is 29.8 Å². The summed E-state index contributed by atoms with van der Waals surface area (Å²) in [6.07, 6.45) is 0. The van der Waals surface area contributed by atoms with Crippen LogP contribution in [0.1, 0.15) is 5.82 Å². The van der Waals surface area contributed by atoms with Crippen LogP contribution in [-0.4, -0.2) is 29.7 Å². The van der Waals surface area contributed by atoms with Crippen LogP contribution in [0.15, 0.2) is 41.2 Å². The number of aromatic nitrogens is 2. The molecule has 4 rings (SSSR count). The zero-order valence-electron chi connectivity index (χ0n) is 16.5. The maximum atomic E-state index is 13.1. The number of amides is 1. The molecule has 154 valence electrons. The highest BCUT2D eigenvalue weighted by Gasteiger charge is 2.17. The minimum Gasteiger partial charge on any atom is -0.495 e. The molecule has 0 aliphatic heterocycles. The van der Waals surface area contributed by atoms with Crippen molar-refractivity contribution >= 4 is 54.8 Å². The van der Waals surface area contributed by atoms with E-state index >= 15 is 0 Å². The van der Waals surface area contributed by atoms with Crippen molar-refractivity contribution in [1.29, 1.82) is 0 Å². The number of aryl methyl sites for hydroxylation is 1. The molecule has 0 spiro atoms. The molecule has 0 unspecified atom stereocenters. The fourth-order valence-electron chi connectivity index (χ4n) is 3.26. The third kappa shape index (κ3) is 3.48. The van der Waals surface area contributed by atoms with E-state index in [9.17, 15) is 9.59 Å². The molecule has 0 aliphatic rings. The molecule has 2 aromatic carbocycles. The summed E-state index contributed by atoms with van der Waals surface area (Å²) in [5, 5.41) is 4.01. The Morgan fingerprint density at radius 1 is 1.20 bits per heavy atom. The lowest BCUT2D eigenvalue weighted by Gasteiger charge is -2.14. The Morgan fingerprint density at radius 2 is 1.93 bits per heavy atom. The van der Waals surface area contributed by atoms with E-state index in [0.29, 0.717) is 38.3 Å². The van der Waals surface area contributed by atoms with Gasteiger partial charge in [-0.2, -0.15) is 0 Å². The SMILES string of the molecule is COc1cc(OC)c(NC(=O)Cn2c(C)nc3c(sc4ccccc43)c2=O)cc1Cl. The molecule has 1 N–H and O–H groups in total. The molecule has 7 nitrogen and oxygen atoms in total. The number of anilines is 1. The molecule has 2 aromatic heterocycles. The highest BCUT2D eigenvalue weighted by molar-refractivity contribution is 7.25. The monoisotopic (exact) mass is 443 g/mol. The number of nitrogens with one attached hydrogen (secondary N) is 1. The number of carbonyl (C=O) groups is 1. The molecule has 1 amide bonds. The molecule has 0 saturated carbocycles. The lowest BCUT2D eigenvalue weighted by atomic mass is 10.2. The smallest absolute Gasteiger partial charge is 0.272 e. The van der Waals surface area contributed by atoms with E-state index in [1.165, 1.54) is 30.1 Å². The highest BCUT2D eigenvalue weighted by Crippen LogP contribution is 2.36. The lowest BCUT2D eigenvalue weighted by Crippen LogP contribution is -2.29. The molecule has 0 radical (unpaired) electrons. The molecular formula is C21H18ClN3O4S. The van der Waals surface area contributed by atoms with Crippen LogP contribution in [0.5, 0.6) is 11.5 Å². The van der Waals surface area contributed by atoms with Gasteiger partial charge in [0.1, 0.15) is 28.6 Å². The number of hydrogen-bond donors (Lipinski definition) is 1. The number of methoxy groups -OCH3 is 2. The maximum absolute atomic E-state index is 13.1. The van der Waals surface area contributed by atoms with E-state index in [1.807, 2.05) is 24.3 Å². The van der Waals surface area contributed by atoms with Crippen LogP contribution in [0.3, 0.4) is 0 Å². The number of nitrogens with zero attached hydrogens (tertiary/aromatic N) is 2. The van der Waals surface area contributed by atoms with Gasteiger partial charge in [0, 0.05) is 16.2 Å². The predicted molar refractivity (Wildman–Crippen MR) is 119 cm³/mol. The predicted octanol–water partition coefficient (Wildman–Crippen LogP) is 4.23. The zero-order chi connectivity index (χ0) is 21.4. The Morgan fingerprint density at radius 3 is 2.67 bits per heavy atom. The van der Waals surface area contributed by atoms with Crippen LogP contribution in [0.25, 0.3) is 20.3 Å². The van der Waals surface area contributed by atoms with Gasteiger partial charge in [-0.25, -0.2) is 4.98 Å². The summed E-state index contributed by atoms with van der Waals surface area (Å²) in [7, 11) is 2.97. The zero-order valence-corrected chi connectivity index (χ0v) is 18.1. The summed E-state index contributed by atoms with van der Waals surface area (Å²) < 4.78 is 13.3. The standard InChI is InChI=1S/C21H18ClN3O4S/c1-11-23-19-12-6-4-5-7-17(12)30-20(19)21(27)25(11)10-18(26)24-14-8-13(22)15(28-2)9-16(14)29-3/h4-9H,10H2,1-3H3,(H,24,26). The molecule has 4 aromatic rings. The van der Waals surface area contributed by atoms with Crippen LogP contribution >= 0.6 is 22.9 Å². The van der Waals surface area contributed by atoms with Crippen molar-refractivity contribution in [1.82, 2.24) is 9.55 Å². The van der Waals surface area contributed by atoms with Crippen LogP contribution in [0.2, 0.25) is 5.02 Å². The summed E-state index contributed by atoms with van der Waals surface area (Å²) in [6, 6.07) is 10.9. The summed E-state index contributed by atoms with van der Waals surface area (Å²) in [4.78, 5) is 30.3. The van der Waals surface area contributed by atoms with Crippen molar-refractivity contribution in [2.75, 3.05) is 19.5 Å². The number of hydrogen-bond acceptors (Lipinski definition) is 6. The van der Waals surface area contributed by atoms with E-state index in [2.05, 4.69) is 10.3 Å². The Hall–Kier alpha value is -3.10. The van der Waals surface area contributed by atoms with Crippen LogP contribution in [0.4, 0.5) is 5.69 Å².